The van der Waals surface area contributed by atoms with E-state index in [4.69, 9.17) is 35.8 Å². The van der Waals surface area contributed by atoms with Crippen LogP contribution in [0, 0.1) is 17.6 Å². The normalized spacial score (nSPS) is 25.4. The predicted octanol–water partition coefficient (Wildman–Crippen LogP) is 8.77. The van der Waals surface area contributed by atoms with Gasteiger partial charge in [0.05, 0.1) is 53.4 Å². The van der Waals surface area contributed by atoms with E-state index in [9.17, 15) is 37.7 Å². The number of aliphatic hydroxyl groups is 1. The van der Waals surface area contributed by atoms with Crippen LogP contribution < -0.4 is 15.4 Å². The molecule has 65 heavy (non-hydrogen) atoms. The van der Waals surface area contributed by atoms with Gasteiger partial charge >= 0.3 is 6.09 Å². The van der Waals surface area contributed by atoms with Crippen molar-refractivity contribution in [2.75, 3.05) is 25.1 Å². The minimum Gasteiger partial charge on any atom is -0.488 e. The molecule has 4 fully saturated rings. The average Bonchev–Trinajstić information content (AvgIpc) is 3.68. The Balaban J connectivity index is 1.14. The number of ether oxygens (including phenoxy) is 3. The summed E-state index contributed by atoms with van der Waals surface area (Å²) >= 11 is 8.22. The summed E-state index contributed by atoms with van der Waals surface area (Å²) < 4.78 is 62.9. The Hall–Kier alpha value is -4.25. The first-order valence-corrected chi connectivity index (χ1v) is 25.5. The smallest absolute Gasteiger partial charge is 0.408 e. The van der Waals surface area contributed by atoms with Gasteiger partial charge in [-0.3, -0.25) is 14.2 Å². The Bertz CT molecular complexity index is 2450. The number of aromatic nitrogens is 2. The fourth-order valence-electron chi connectivity index (χ4n) is 9.60. The molecule has 8 rings (SSSR count). The lowest BCUT2D eigenvalue weighted by Gasteiger charge is -2.30. The van der Waals surface area contributed by atoms with Gasteiger partial charge in [0.2, 0.25) is 13.3 Å². The number of benzene rings is 2. The summed E-state index contributed by atoms with van der Waals surface area (Å²) in [6.07, 6.45) is 2.78. The zero-order valence-corrected chi connectivity index (χ0v) is 38.9. The number of nitrogens with zero attached hydrogens (tertiary/aromatic N) is 3. The molecule has 4 N–H and O–H groups in total. The van der Waals surface area contributed by atoms with Crippen LogP contribution in [0.2, 0.25) is 5.02 Å². The van der Waals surface area contributed by atoms with Crippen LogP contribution in [0.25, 0.3) is 22.3 Å². The number of pyridine rings is 1. The molecule has 0 spiro atoms. The zero-order valence-electron chi connectivity index (χ0n) is 36.4. The maximum atomic E-state index is 15.0. The molecule has 2 aromatic heterocycles. The van der Waals surface area contributed by atoms with Gasteiger partial charge in [0.1, 0.15) is 41.3 Å². The second kappa shape index (κ2) is 19.9. The largest absolute Gasteiger partial charge is 0.488 e. The number of aliphatic hydroxyl groups excluding tert-OH is 1. The highest BCUT2D eigenvalue weighted by Gasteiger charge is 2.66. The third-order valence-electron chi connectivity index (χ3n) is 13.1. The summed E-state index contributed by atoms with van der Waals surface area (Å²) in [7, 11) is -4.48. The molecule has 1 unspecified atom stereocenters. The van der Waals surface area contributed by atoms with E-state index in [-0.39, 0.29) is 62.3 Å². The van der Waals surface area contributed by atoms with Crippen LogP contribution >= 0.6 is 30.3 Å². The number of ketones is 1. The predicted molar refractivity (Wildman–Crippen MR) is 242 cm³/mol. The molecule has 2 aromatic carbocycles. The third-order valence-corrected chi connectivity index (χ3v) is 17.2. The second-order valence-electron chi connectivity index (χ2n) is 18.1. The molecule has 2 aliphatic heterocycles. The molecule has 4 aliphatic rings. The number of carbonyl (C=O) groups excluding carboxylic acids is 3. The average molecular weight is 958 g/mol. The number of Topliss-reactive ketones (excluding diaryl/α,β-unsaturated/α-hetero) is 1. The number of anilines is 1. The molecular formula is C46H55ClF2N5O9PS. The molecule has 2 aliphatic carbocycles. The molecule has 350 valence electrons. The van der Waals surface area contributed by atoms with Gasteiger partial charge in [0.15, 0.2) is 10.9 Å². The third kappa shape index (κ3) is 10.4. The van der Waals surface area contributed by atoms with Gasteiger partial charge in [-0.15, -0.1) is 11.3 Å². The molecule has 6 atom stereocenters. The number of nitrogens with one attached hydrogen (secondary N) is 2. The van der Waals surface area contributed by atoms with Crippen molar-refractivity contribution in [2.24, 2.45) is 5.92 Å². The molecule has 4 aromatic rings. The standard InChI is InChI=1S/C46H55ClF2N5O9PS/c1-26(2)50-44-52-37(25-65-44)35-18-40(31-15-14-27(22-55)41(47)42(31)51-35)62-30-17-38-39(56)20-46(64(59,60)24-32-33(48)12-8-13-34(32)49)19-28(46)9-4-3-7-16-61-23-36(43(57)54(38)21-30)53-45(58)63-29-10-5-6-11-29/h8,12-15,18,25-26,28-30,36,38,55H,3-7,9-11,16-17,19-24H2,1-2H3,(H,50,52)(H,53,58)(H,59,60)/t28-,30-,36+,38+,46-/m1/s1. The summed E-state index contributed by atoms with van der Waals surface area (Å²) in [4.78, 5) is 65.8. The molecule has 14 nitrogen and oxygen atoms in total. The lowest BCUT2D eigenvalue weighted by molar-refractivity contribution is -0.140. The van der Waals surface area contributed by atoms with Crippen molar-refractivity contribution >= 4 is 64.1 Å². The lowest BCUT2D eigenvalue weighted by atomic mass is 10.0. The molecule has 4 heterocycles. The minimum absolute atomic E-state index is 0.0378. The molecular weight excluding hydrogens is 903 g/mol. The minimum atomic E-state index is -4.48. The fraction of sp³-hybridized carbons (Fsp3) is 0.543. The van der Waals surface area contributed by atoms with Crippen molar-refractivity contribution < 1.29 is 51.9 Å². The van der Waals surface area contributed by atoms with Crippen LogP contribution in [0.3, 0.4) is 0 Å². The van der Waals surface area contributed by atoms with Crippen molar-refractivity contribution in [3.05, 3.63) is 69.6 Å². The number of alkyl carbamates (subject to hydrolysis) is 1. The SMILES string of the molecule is CC(C)Nc1nc(-c2cc(O[C@@H]3C[C@H]4C(=O)C[C@]5(P(=O)(O)Cc6c(F)cccc6F)C[C@H]5CCCCCOC[C@H](NC(=O)OC5CCCC5)C(=O)N4C3)c3ccc(CO)c(Cl)c3n2)cs1. The van der Waals surface area contributed by atoms with E-state index < -0.39 is 78.3 Å². The van der Waals surface area contributed by atoms with E-state index in [2.05, 4.69) is 10.6 Å². The van der Waals surface area contributed by atoms with Crippen LogP contribution in [0.1, 0.15) is 95.6 Å². The van der Waals surface area contributed by atoms with Crippen molar-refractivity contribution in [1.29, 1.82) is 0 Å². The van der Waals surface area contributed by atoms with E-state index in [0.29, 0.717) is 77.3 Å². The highest BCUT2D eigenvalue weighted by Crippen LogP contribution is 2.75. The quantitative estimate of drug-likeness (QED) is 0.105. The highest BCUT2D eigenvalue weighted by atomic mass is 35.5. The maximum Gasteiger partial charge on any atom is 0.408 e. The Labute approximate surface area is 385 Å². The summed E-state index contributed by atoms with van der Waals surface area (Å²) in [5.74, 6) is -3.09. The van der Waals surface area contributed by atoms with Gasteiger partial charge in [0.25, 0.3) is 0 Å². The topological polar surface area (TPSA) is 190 Å². The Kier molecular flexibility index (Phi) is 14.5. The molecule has 2 saturated carbocycles. The first kappa shape index (κ1) is 47.3. The number of rotatable bonds is 11. The molecule has 19 heteroatoms. The number of fused-ring (bicyclic) bond motifs is 3. The number of amides is 2. The number of hydrogen-bond donors (Lipinski definition) is 4. The van der Waals surface area contributed by atoms with E-state index >= 15 is 0 Å². The van der Waals surface area contributed by atoms with E-state index in [1.54, 1.807) is 18.2 Å². The summed E-state index contributed by atoms with van der Waals surface area (Å²) in [5, 5.41) is 17.8. The van der Waals surface area contributed by atoms with Crippen molar-refractivity contribution in [3.63, 3.8) is 0 Å². The Morgan fingerprint density at radius 1 is 1.06 bits per heavy atom. The number of carbonyl (C=O) groups is 3. The first-order chi connectivity index (χ1) is 31.2. The van der Waals surface area contributed by atoms with Crippen molar-refractivity contribution in [2.45, 2.75) is 133 Å². The van der Waals surface area contributed by atoms with E-state index in [0.717, 1.165) is 25.0 Å². The summed E-state index contributed by atoms with van der Waals surface area (Å²) in [6.45, 7) is 3.59. The molecule has 2 saturated heterocycles. The van der Waals surface area contributed by atoms with Crippen LogP contribution in [-0.2, 0) is 36.4 Å². The van der Waals surface area contributed by atoms with Crippen LogP contribution in [0.15, 0.2) is 41.8 Å². The van der Waals surface area contributed by atoms with Crippen molar-refractivity contribution in [3.8, 4) is 17.1 Å². The van der Waals surface area contributed by atoms with Crippen molar-refractivity contribution in [1.82, 2.24) is 20.2 Å². The van der Waals surface area contributed by atoms with Gasteiger partial charge in [-0.25, -0.2) is 23.5 Å². The van der Waals surface area contributed by atoms with Crippen LogP contribution in [0.5, 0.6) is 5.75 Å². The monoisotopic (exact) mass is 957 g/mol. The Morgan fingerprint density at radius 3 is 2.55 bits per heavy atom. The van der Waals surface area contributed by atoms with E-state index in [1.165, 1.54) is 22.3 Å². The number of hydrogen-bond acceptors (Lipinski definition) is 12. The summed E-state index contributed by atoms with van der Waals surface area (Å²) in [5.41, 5.74) is 1.23. The van der Waals surface area contributed by atoms with Crippen LogP contribution in [0.4, 0.5) is 18.7 Å². The van der Waals surface area contributed by atoms with Gasteiger partial charge in [0, 0.05) is 47.9 Å². The van der Waals surface area contributed by atoms with Gasteiger partial charge in [-0.2, -0.15) is 0 Å². The second-order valence-corrected chi connectivity index (χ2v) is 21.9. The molecule has 2 amide bonds. The summed E-state index contributed by atoms with van der Waals surface area (Å²) in [6, 6.07) is 6.03. The van der Waals surface area contributed by atoms with Crippen LogP contribution in [-0.4, -0.2) is 97.9 Å². The fourth-order valence-corrected chi connectivity index (χ4v) is 13.4. The molecule has 0 radical (unpaired) electrons. The van der Waals surface area contributed by atoms with Gasteiger partial charge in [-0.05, 0) is 88.5 Å². The molecule has 0 bridgehead atoms. The first-order valence-electron chi connectivity index (χ1n) is 22.4. The zero-order chi connectivity index (χ0) is 46.0. The Morgan fingerprint density at radius 2 is 1.82 bits per heavy atom. The lowest BCUT2D eigenvalue weighted by Crippen LogP contribution is -2.54. The number of thiazole rings is 1. The van der Waals surface area contributed by atoms with Gasteiger partial charge in [-0.1, -0.05) is 36.6 Å². The highest BCUT2D eigenvalue weighted by molar-refractivity contribution is 7.59. The maximum absolute atomic E-state index is 15.0. The number of halogens is 3. The van der Waals surface area contributed by atoms with E-state index in [1.807, 2.05) is 19.2 Å². The van der Waals surface area contributed by atoms with Gasteiger partial charge < -0.3 is 39.7 Å².